The summed E-state index contributed by atoms with van der Waals surface area (Å²) in [5, 5.41) is 4.40. The Morgan fingerprint density at radius 1 is 1.08 bits per heavy atom. The molecular weight excluding hydrogens is 345 g/mol. The summed E-state index contributed by atoms with van der Waals surface area (Å²) < 4.78 is 36.5. The van der Waals surface area contributed by atoms with Gasteiger partial charge in [0.2, 0.25) is 5.91 Å². The highest BCUT2D eigenvalue weighted by Gasteiger charge is 2.38. The molecule has 0 unspecified atom stereocenters. The number of hydrogen-bond donors (Lipinski definition) is 2. The van der Waals surface area contributed by atoms with Crippen LogP contribution >= 0.6 is 0 Å². The number of hydrogen-bond acceptors (Lipinski definition) is 2. The van der Waals surface area contributed by atoms with E-state index in [9.17, 15) is 22.8 Å². The van der Waals surface area contributed by atoms with Crippen molar-refractivity contribution in [2.24, 2.45) is 0 Å². The van der Waals surface area contributed by atoms with Crippen LogP contribution in [0.25, 0.3) is 6.08 Å². The molecule has 0 fully saturated rings. The molecule has 0 aromatic heterocycles. The predicted octanol–water partition coefficient (Wildman–Crippen LogP) is 3.83. The number of amides is 2. The Morgan fingerprint density at radius 3 is 2.42 bits per heavy atom. The van der Waals surface area contributed by atoms with E-state index in [2.05, 4.69) is 5.32 Å². The maximum absolute atomic E-state index is 12.2. The van der Waals surface area contributed by atoms with Crippen LogP contribution in [0.3, 0.4) is 0 Å². The van der Waals surface area contributed by atoms with Crippen LogP contribution in [0.2, 0.25) is 0 Å². The Balaban J connectivity index is 1.94. The average molecular weight is 362 g/mol. The van der Waals surface area contributed by atoms with Gasteiger partial charge in [-0.2, -0.15) is 13.2 Å². The number of alkyl halides is 3. The summed E-state index contributed by atoms with van der Waals surface area (Å²) in [6, 6.07) is 13.8. The molecule has 4 nitrogen and oxygen atoms in total. The molecule has 0 bridgehead atoms. The van der Waals surface area contributed by atoms with Crippen LogP contribution in [0.5, 0.6) is 0 Å². The Bertz CT molecular complexity index is 812. The van der Waals surface area contributed by atoms with Gasteiger partial charge in [-0.25, -0.2) is 0 Å². The molecule has 0 spiro atoms. The average Bonchev–Trinajstić information content (AvgIpc) is 2.58. The molecule has 26 heavy (non-hydrogen) atoms. The summed E-state index contributed by atoms with van der Waals surface area (Å²) in [4.78, 5) is 22.8. The number of halogens is 3. The maximum atomic E-state index is 12.2. The lowest BCUT2D eigenvalue weighted by atomic mass is 10.1. The Kier molecular flexibility index (Phi) is 6.16. The van der Waals surface area contributed by atoms with Crippen LogP contribution in [-0.4, -0.2) is 18.0 Å². The highest BCUT2D eigenvalue weighted by atomic mass is 19.4. The summed E-state index contributed by atoms with van der Waals surface area (Å²) in [5.41, 5.74) is 2.83. The first-order chi connectivity index (χ1) is 12.2. The molecule has 2 aromatic carbocycles. The smallest absolute Gasteiger partial charge is 0.344 e. The second-order valence-corrected chi connectivity index (χ2v) is 5.61. The van der Waals surface area contributed by atoms with Crippen molar-refractivity contribution >= 4 is 23.6 Å². The van der Waals surface area contributed by atoms with E-state index >= 15 is 0 Å². The topological polar surface area (TPSA) is 58.2 Å². The molecule has 2 N–H and O–H groups in total. The Labute approximate surface area is 148 Å². The van der Waals surface area contributed by atoms with Crippen molar-refractivity contribution < 1.29 is 22.8 Å². The van der Waals surface area contributed by atoms with Crippen molar-refractivity contribution in [2.45, 2.75) is 19.6 Å². The van der Waals surface area contributed by atoms with E-state index in [1.54, 1.807) is 29.6 Å². The molecule has 0 aliphatic heterocycles. The second kappa shape index (κ2) is 8.33. The zero-order valence-corrected chi connectivity index (χ0v) is 13.9. The van der Waals surface area contributed by atoms with E-state index < -0.39 is 12.1 Å². The first-order valence-electron chi connectivity index (χ1n) is 7.74. The van der Waals surface area contributed by atoms with Crippen LogP contribution in [0.15, 0.2) is 54.6 Å². The van der Waals surface area contributed by atoms with Gasteiger partial charge in [0.05, 0.1) is 0 Å². The lowest BCUT2D eigenvalue weighted by Crippen LogP contribution is -2.36. The van der Waals surface area contributed by atoms with Crippen molar-refractivity contribution in [3.63, 3.8) is 0 Å². The van der Waals surface area contributed by atoms with E-state index in [1.165, 1.54) is 12.1 Å². The van der Waals surface area contributed by atoms with Crippen LogP contribution in [-0.2, 0) is 16.1 Å². The molecule has 0 heterocycles. The van der Waals surface area contributed by atoms with Crippen molar-refractivity contribution in [1.82, 2.24) is 5.32 Å². The Hall–Kier alpha value is -3.09. The fourth-order valence-electron chi connectivity index (χ4n) is 2.08. The number of carbonyl (C=O) groups excluding carboxylic acids is 2. The van der Waals surface area contributed by atoms with E-state index in [0.717, 1.165) is 11.1 Å². The van der Waals surface area contributed by atoms with E-state index in [4.69, 9.17) is 0 Å². The molecular formula is C19H17F3N2O2. The number of benzene rings is 2. The van der Waals surface area contributed by atoms with Gasteiger partial charge in [-0.05, 0) is 36.3 Å². The van der Waals surface area contributed by atoms with Crippen LogP contribution < -0.4 is 10.6 Å². The van der Waals surface area contributed by atoms with Gasteiger partial charge in [-0.3, -0.25) is 9.59 Å². The summed E-state index contributed by atoms with van der Waals surface area (Å²) in [7, 11) is 0. The molecule has 0 saturated heterocycles. The molecule has 7 heteroatoms. The zero-order chi connectivity index (χ0) is 19.2. The quantitative estimate of drug-likeness (QED) is 0.795. The van der Waals surface area contributed by atoms with Gasteiger partial charge in [0.15, 0.2) is 0 Å². The lowest BCUT2D eigenvalue weighted by Gasteiger charge is -2.09. The summed E-state index contributed by atoms with van der Waals surface area (Å²) >= 11 is 0. The maximum Gasteiger partial charge on any atom is 0.471 e. The third-order valence-corrected chi connectivity index (χ3v) is 3.41. The fourth-order valence-corrected chi connectivity index (χ4v) is 2.08. The molecule has 0 saturated carbocycles. The van der Waals surface area contributed by atoms with Crippen LogP contribution in [0, 0.1) is 6.92 Å². The normalized spacial score (nSPS) is 11.4. The number of anilines is 1. The molecule has 0 aliphatic rings. The number of rotatable bonds is 5. The van der Waals surface area contributed by atoms with E-state index in [0.29, 0.717) is 11.3 Å². The first-order valence-corrected chi connectivity index (χ1v) is 7.74. The van der Waals surface area contributed by atoms with Crippen molar-refractivity contribution in [2.75, 3.05) is 5.32 Å². The lowest BCUT2D eigenvalue weighted by molar-refractivity contribution is -0.173. The highest BCUT2D eigenvalue weighted by molar-refractivity contribution is 6.01. The van der Waals surface area contributed by atoms with Gasteiger partial charge >= 0.3 is 12.1 Å². The van der Waals surface area contributed by atoms with Crippen molar-refractivity contribution in [1.29, 1.82) is 0 Å². The molecule has 0 aliphatic carbocycles. The number of carbonyl (C=O) groups is 2. The summed E-state index contributed by atoms with van der Waals surface area (Å²) in [6.45, 7) is 1.67. The van der Waals surface area contributed by atoms with Gasteiger partial charge in [0.1, 0.15) is 0 Å². The van der Waals surface area contributed by atoms with Crippen molar-refractivity contribution in [3.8, 4) is 0 Å². The SMILES string of the molecule is Cc1ccc(/C=C/C(=O)Nc2cccc(CNC(=O)C(F)(F)F)c2)cc1. The Morgan fingerprint density at radius 2 is 1.77 bits per heavy atom. The predicted molar refractivity (Wildman–Crippen MR) is 93.2 cm³/mol. The monoisotopic (exact) mass is 362 g/mol. The fraction of sp³-hybridized carbons (Fsp3) is 0.158. The van der Waals surface area contributed by atoms with Gasteiger partial charge in [0, 0.05) is 18.3 Å². The minimum absolute atomic E-state index is 0.290. The number of nitrogens with one attached hydrogen (secondary N) is 2. The molecule has 0 radical (unpaired) electrons. The van der Waals surface area contributed by atoms with Crippen LogP contribution in [0.4, 0.5) is 18.9 Å². The first kappa shape index (κ1) is 19.2. The summed E-state index contributed by atoms with van der Waals surface area (Å²) in [5.74, 6) is -2.38. The van der Waals surface area contributed by atoms with Gasteiger partial charge in [-0.1, -0.05) is 42.0 Å². The molecule has 136 valence electrons. The molecule has 2 rings (SSSR count). The minimum atomic E-state index is -4.92. The van der Waals surface area contributed by atoms with Gasteiger partial charge in [-0.15, -0.1) is 0 Å². The molecule has 0 atom stereocenters. The minimum Gasteiger partial charge on any atom is -0.344 e. The van der Waals surface area contributed by atoms with Crippen LogP contribution in [0.1, 0.15) is 16.7 Å². The summed E-state index contributed by atoms with van der Waals surface area (Å²) in [6.07, 6.45) is -1.91. The zero-order valence-electron chi connectivity index (χ0n) is 13.9. The van der Waals surface area contributed by atoms with Gasteiger partial charge < -0.3 is 10.6 Å². The van der Waals surface area contributed by atoms with Crippen molar-refractivity contribution in [3.05, 3.63) is 71.3 Å². The van der Waals surface area contributed by atoms with E-state index in [-0.39, 0.29) is 12.5 Å². The largest absolute Gasteiger partial charge is 0.471 e. The standard InChI is InChI=1S/C19H17F3N2O2/c1-13-5-7-14(8-6-13)9-10-17(25)24-16-4-2-3-15(11-16)12-23-18(26)19(20,21)22/h2-11H,12H2,1H3,(H,23,26)(H,24,25)/b10-9+. The third kappa shape index (κ3) is 6.08. The third-order valence-electron chi connectivity index (χ3n) is 3.41. The molecule has 2 aromatic rings. The van der Waals surface area contributed by atoms with Gasteiger partial charge in [0.25, 0.3) is 0 Å². The van der Waals surface area contributed by atoms with E-state index in [1.807, 2.05) is 31.2 Å². The number of aryl methyl sites for hydroxylation is 1. The second-order valence-electron chi connectivity index (χ2n) is 5.61. The molecule has 2 amide bonds. The highest BCUT2D eigenvalue weighted by Crippen LogP contribution is 2.15.